The molecule has 2 aromatic rings. The van der Waals surface area contributed by atoms with E-state index >= 15 is 0 Å². The third-order valence-corrected chi connectivity index (χ3v) is 3.57. The number of carbonyl (C=O) groups excluding carboxylic acids is 1. The molecule has 0 fully saturated rings. The molecule has 1 aliphatic heterocycles. The second-order valence-electron chi connectivity index (χ2n) is 4.94. The molecule has 0 bridgehead atoms. The van der Waals surface area contributed by atoms with Crippen molar-refractivity contribution >= 4 is 11.6 Å². The van der Waals surface area contributed by atoms with Gasteiger partial charge in [0.15, 0.2) is 11.5 Å². The summed E-state index contributed by atoms with van der Waals surface area (Å²) >= 11 is 0. The van der Waals surface area contributed by atoms with Crippen molar-refractivity contribution in [2.45, 2.75) is 13.1 Å². The van der Waals surface area contributed by atoms with Crippen LogP contribution in [0.3, 0.4) is 0 Å². The molecule has 0 radical (unpaired) electrons. The lowest BCUT2D eigenvalue weighted by Gasteiger charge is -2.28. The normalized spacial score (nSPS) is 16.3. The van der Waals surface area contributed by atoms with Crippen LogP contribution in [0.2, 0.25) is 0 Å². The van der Waals surface area contributed by atoms with Gasteiger partial charge < -0.3 is 20.1 Å². The largest absolute Gasteiger partial charge is 0.493 e. The zero-order chi connectivity index (χ0) is 15.5. The summed E-state index contributed by atoms with van der Waals surface area (Å²) in [4.78, 5) is 12.2. The van der Waals surface area contributed by atoms with Gasteiger partial charge in [-0.3, -0.25) is 4.79 Å². The van der Waals surface area contributed by atoms with E-state index in [0.29, 0.717) is 23.7 Å². The van der Waals surface area contributed by atoms with Gasteiger partial charge >= 0.3 is 0 Å². The molecule has 5 nitrogen and oxygen atoms in total. The van der Waals surface area contributed by atoms with Gasteiger partial charge in [-0.2, -0.15) is 0 Å². The van der Waals surface area contributed by atoms with Crippen molar-refractivity contribution in [2.24, 2.45) is 0 Å². The van der Waals surface area contributed by atoms with Crippen molar-refractivity contribution in [3.8, 4) is 11.5 Å². The summed E-state index contributed by atoms with van der Waals surface area (Å²) in [6.07, 6.45) is -0.299. The van der Waals surface area contributed by atoms with Crippen LogP contribution in [0.15, 0.2) is 42.5 Å². The molecule has 1 unspecified atom stereocenters. The summed E-state index contributed by atoms with van der Waals surface area (Å²) in [5, 5.41) is 6.26. The lowest BCUT2D eigenvalue weighted by atomic mass is 10.1. The third kappa shape index (κ3) is 2.57. The van der Waals surface area contributed by atoms with Gasteiger partial charge in [0, 0.05) is 5.69 Å². The smallest absolute Gasteiger partial charge is 0.255 e. The molecule has 114 valence electrons. The van der Waals surface area contributed by atoms with Crippen LogP contribution in [0.4, 0.5) is 5.69 Å². The number of hydrogen-bond acceptors (Lipinski definition) is 4. The zero-order valence-corrected chi connectivity index (χ0v) is 12.6. The number of ether oxygens (including phenoxy) is 2. The third-order valence-electron chi connectivity index (χ3n) is 3.57. The number of benzene rings is 2. The van der Waals surface area contributed by atoms with Gasteiger partial charge in [-0.25, -0.2) is 0 Å². The number of amides is 1. The van der Waals surface area contributed by atoms with Crippen molar-refractivity contribution in [1.29, 1.82) is 0 Å². The fraction of sp³-hybridized carbons (Fsp3) is 0.235. The fourth-order valence-electron chi connectivity index (χ4n) is 2.51. The van der Waals surface area contributed by atoms with Gasteiger partial charge in [-0.05, 0) is 36.8 Å². The summed E-state index contributed by atoms with van der Waals surface area (Å²) in [7, 11) is 1.60. The van der Waals surface area contributed by atoms with E-state index < -0.39 is 0 Å². The molecule has 1 atom stereocenters. The molecule has 1 amide bonds. The highest BCUT2D eigenvalue weighted by Gasteiger charge is 2.24. The Balaban J connectivity index is 1.91. The van der Waals surface area contributed by atoms with Crippen LogP contribution in [0.1, 0.15) is 29.0 Å². The Morgan fingerprint density at radius 1 is 1.09 bits per heavy atom. The zero-order valence-electron chi connectivity index (χ0n) is 12.6. The van der Waals surface area contributed by atoms with Crippen LogP contribution < -0.4 is 20.1 Å². The Kier molecular flexibility index (Phi) is 3.87. The van der Waals surface area contributed by atoms with Crippen molar-refractivity contribution in [2.75, 3.05) is 19.0 Å². The van der Waals surface area contributed by atoms with Gasteiger partial charge in [0.1, 0.15) is 6.17 Å². The van der Waals surface area contributed by atoms with Crippen LogP contribution in [0.5, 0.6) is 11.5 Å². The summed E-state index contributed by atoms with van der Waals surface area (Å²) < 4.78 is 10.9. The van der Waals surface area contributed by atoms with E-state index in [2.05, 4.69) is 10.6 Å². The van der Waals surface area contributed by atoms with E-state index in [1.165, 1.54) is 0 Å². The first-order chi connectivity index (χ1) is 10.7. The van der Waals surface area contributed by atoms with E-state index in [1.54, 1.807) is 13.2 Å². The predicted molar refractivity (Wildman–Crippen MR) is 84.4 cm³/mol. The molecule has 1 aliphatic rings. The van der Waals surface area contributed by atoms with E-state index in [-0.39, 0.29) is 12.1 Å². The summed E-state index contributed by atoms with van der Waals surface area (Å²) in [5.41, 5.74) is 2.38. The summed E-state index contributed by atoms with van der Waals surface area (Å²) in [5.74, 6) is 1.25. The predicted octanol–water partition coefficient (Wildman–Crippen LogP) is 2.95. The van der Waals surface area contributed by atoms with Crippen LogP contribution >= 0.6 is 0 Å². The van der Waals surface area contributed by atoms with Crippen LogP contribution in [-0.4, -0.2) is 19.6 Å². The summed E-state index contributed by atoms with van der Waals surface area (Å²) in [6, 6.07) is 13.1. The van der Waals surface area contributed by atoms with Gasteiger partial charge in [-0.15, -0.1) is 0 Å². The highest BCUT2D eigenvalue weighted by Crippen LogP contribution is 2.32. The first-order valence-electron chi connectivity index (χ1n) is 7.20. The van der Waals surface area contributed by atoms with Gasteiger partial charge in [0.05, 0.1) is 19.3 Å². The molecule has 0 spiro atoms. The maximum Gasteiger partial charge on any atom is 0.255 e. The Labute approximate surface area is 129 Å². The van der Waals surface area contributed by atoms with Crippen molar-refractivity contribution in [1.82, 2.24) is 5.32 Å². The van der Waals surface area contributed by atoms with Gasteiger partial charge in [-0.1, -0.05) is 18.2 Å². The van der Waals surface area contributed by atoms with Gasteiger partial charge in [0.2, 0.25) is 0 Å². The number of nitrogens with one attached hydrogen (secondary N) is 2. The van der Waals surface area contributed by atoms with Crippen LogP contribution in [0.25, 0.3) is 0 Å². The lowest BCUT2D eigenvalue weighted by molar-refractivity contribution is 0.0935. The average molecular weight is 298 g/mol. The Bertz CT molecular complexity index is 700. The first kappa shape index (κ1) is 14.3. The Morgan fingerprint density at radius 3 is 2.68 bits per heavy atom. The number of para-hydroxylation sites is 1. The van der Waals surface area contributed by atoms with Crippen molar-refractivity contribution in [3.63, 3.8) is 0 Å². The quantitative estimate of drug-likeness (QED) is 0.911. The van der Waals surface area contributed by atoms with E-state index in [0.717, 1.165) is 11.3 Å². The number of anilines is 1. The molecule has 1 heterocycles. The fourth-order valence-corrected chi connectivity index (χ4v) is 2.51. The molecule has 5 heteroatoms. The molecular formula is C17H18N2O3. The monoisotopic (exact) mass is 298 g/mol. The Morgan fingerprint density at radius 2 is 1.91 bits per heavy atom. The maximum absolute atomic E-state index is 12.2. The van der Waals surface area contributed by atoms with Crippen molar-refractivity contribution in [3.05, 3.63) is 53.6 Å². The first-order valence-corrected chi connectivity index (χ1v) is 7.20. The standard InChI is InChI=1S/C17H18N2O3/c1-3-22-14-9-8-11(10-15(14)21-2)16-18-13-7-5-4-6-12(13)17(20)19-16/h4-10,16,18H,3H2,1-2H3,(H,19,20). The molecule has 0 saturated carbocycles. The number of carbonyl (C=O) groups is 1. The highest BCUT2D eigenvalue weighted by molar-refractivity contribution is 6.01. The molecule has 0 saturated heterocycles. The van der Waals surface area contributed by atoms with E-state index in [9.17, 15) is 4.79 Å². The average Bonchev–Trinajstić information content (AvgIpc) is 2.55. The second kappa shape index (κ2) is 5.97. The topological polar surface area (TPSA) is 59.6 Å². The minimum atomic E-state index is -0.299. The molecule has 22 heavy (non-hydrogen) atoms. The minimum absolute atomic E-state index is 0.0906. The maximum atomic E-state index is 12.2. The Hall–Kier alpha value is -2.69. The summed E-state index contributed by atoms with van der Waals surface area (Å²) in [6.45, 7) is 2.49. The number of rotatable bonds is 4. The minimum Gasteiger partial charge on any atom is -0.493 e. The van der Waals surface area contributed by atoms with E-state index in [1.807, 2.05) is 43.3 Å². The lowest BCUT2D eigenvalue weighted by Crippen LogP contribution is -2.38. The van der Waals surface area contributed by atoms with E-state index in [4.69, 9.17) is 9.47 Å². The van der Waals surface area contributed by atoms with Crippen LogP contribution in [-0.2, 0) is 0 Å². The molecule has 0 aromatic heterocycles. The van der Waals surface area contributed by atoms with Crippen molar-refractivity contribution < 1.29 is 14.3 Å². The molecular weight excluding hydrogens is 280 g/mol. The molecule has 2 N–H and O–H groups in total. The SMILES string of the molecule is CCOc1ccc(C2NC(=O)c3ccccc3N2)cc1OC. The highest BCUT2D eigenvalue weighted by atomic mass is 16.5. The number of fused-ring (bicyclic) bond motifs is 1. The number of hydrogen-bond donors (Lipinski definition) is 2. The molecule has 3 rings (SSSR count). The molecule has 2 aromatic carbocycles. The van der Waals surface area contributed by atoms with Crippen LogP contribution in [0, 0.1) is 0 Å². The number of methoxy groups -OCH3 is 1. The van der Waals surface area contributed by atoms with Gasteiger partial charge in [0.25, 0.3) is 5.91 Å². The molecule has 0 aliphatic carbocycles. The second-order valence-corrected chi connectivity index (χ2v) is 4.94.